The third kappa shape index (κ3) is 5.35. The maximum absolute atomic E-state index is 13.9. The van der Waals surface area contributed by atoms with Crippen LogP contribution in [0.15, 0.2) is 87.9 Å². The van der Waals surface area contributed by atoms with Gasteiger partial charge in [-0.25, -0.2) is 9.79 Å². The molecule has 2 aromatic heterocycles. The van der Waals surface area contributed by atoms with Crippen molar-refractivity contribution in [2.75, 3.05) is 6.61 Å². The number of thiazole rings is 1. The van der Waals surface area contributed by atoms with Gasteiger partial charge in [-0.3, -0.25) is 9.36 Å². The Morgan fingerprint density at radius 1 is 1.13 bits per heavy atom. The fraction of sp³-hybridized carbons (Fsp3) is 0.233. The van der Waals surface area contributed by atoms with Crippen LogP contribution in [0.4, 0.5) is 0 Å². The Morgan fingerprint density at radius 3 is 2.51 bits per heavy atom. The SMILES string of the molecule is CCOc1ccc([C@@H]2C(C(=O)OC(C)C)=C(C)N=c3s/c(=C/c4cccn4-c4ccc(Cl)cc4)c(=O)n32)cc1. The number of benzene rings is 2. The molecule has 39 heavy (non-hydrogen) atoms. The van der Waals surface area contributed by atoms with Gasteiger partial charge in [-0.05, 0) is 87.9 Å². The van der Waals surface area contributed by atoms with Gasteiger partial charge in [0, 0.05) is 22.6 Å². The number of hydrogen-bond donors (Lipinski definition) is 0. The van der Waals surface area contributed by atoms with Crippen molar-refractivity contribution in [1.82, 2.24) is 9.13 Å². The molecule has 3 heterocycles. The van der Waals surface area contributed by atoms with E-state index >= 15 is 0 Å². The van der Waals surface area contributed by atoms with Crippen LogP contribution in [0.2, 0.25) is 5.02 Å². The number of aromatic nitrogens is 2. The number of hydrogen-bond acceptors (Lipinski definition) is 6. The molecule has 2 aromatic carbocycles. The summed E-state index contributed by atoms with van der Waals surface area (Å²) in [7, 11) is 0. The topological polar surface area (TPSA) is 74.8 Å². The molecule has 4 aromatic rings. The van der Waals surface area contributed by atoms with Gasteiger partial charge in [0.25, 0.3) is 5.56 Å². The molecule has 1 aliphatic heterocycles. The normalized spacial score (nSPS) is 15.3. The third-order valence-electron chi connectivity index (χ3n) is 6.26. The molecule has 1 atom stereocenters. The van der Waals surface area contributed by atoms with Crippen molar-refractivity contribution in [3.8, 4) is 11.4 Å². The summed E-state index contributed by atoms with van der Waals surface area (Å²) in [5.41, 5.74) is 3.15. The molecule has 5 rings (SSSR count). The Balaban J connectivity index is 1.66. The molecule has 0 N–H and O–H groups in total. The lowest BCUT2D eigenvalue weighted by Crippen LogP contribution is -2.40. The maximum Gasteiger partial charge on any atom is 0.338 e. The van der Waals surface area contributed by atoms with E-state index in [0.717, 1.165) is 16.9 Å². The number of carbonyl (C=O) groups is 1. The van der Waals surface area contributed by atoms with Crippen molar-refractivity contribution in [2.45, 2.75) is 39.8 Å². The Kier molecular flexibility index (Phi) is 7.59. The molecule has 9 heteroatoms. The van der Waals surface area contributed by atoms with Gasteiger partial charge in [-0.2, -0.15) is 0 Å². The van der Waals surface area contributed by atoms with Gasteiger partial charge in [-0.1, -0.05) is 35.1 Å². The number of rotatable bonds is 7. The first kappa shape index (κ1) is 26.7. The lowest BCUT2D eigenvalue weighted by molar-refractivity contribution is -0.143. The Labute approximate surface area is 234 Å². The first-order valence-electron chi connectivity index (χ1n) is 12.7. The van der Waals surface area contributed by atoms with Crippen LogP contribution in [0.1, 0.15) is 45.0 Å². The highest BCUT2D eigenvalue weighted by atomic mass is 35.5. The summed E-state index contributed by atoms with van der Waals surface area (Å²) in [4.78, 5) is 32.4. The average Bonchev–Trinajstić information content (AvgIpc) is 3.48. The molecule has 200 valence electrons. The molecule has 0 amide bonds. The van der Waals surface area contributed by atoms with E-state index in [1.807, 2.05) is 84.4 Å². The fourth-order valence-corrected chi connectivity index (χ4v) is 5.73. The minimum atomic E-state index is -0.687. The zero-order chi connectivity index (χ0) is 27.7. The highest BCUT2D eigenvalue weighted by Crippen LogP contribution is 2.32. The Bertz CT molecular complexity index is 1730. The van der Waals surface area contributed by atoms with E-state index in [-0.39, 0.29) is 11.7 Å². The van der Waals surface area contributed by atoms with Gasteiger partial charge in [-0.15, -0.1) is 0 Å². The summed E-state index contributed by atoms with van der Waals surface area (Å²) < 4.78 is 15.3. The molecular weight excluding hydrogens is 534 g/mol. The summed E-state index contributed by atoms with van der Waals surface area (Å²) in [6.45, 7) is 7.83. The highest BCUT2D eigenvalue weighted by Gasteiger charge is 2.33. The summed E-state index contributed by atoms with van der Waals surface area (Å²) in [6, 6.07) is 18.1. The Hall–Kier alpha value is -3.88. The van der Waals surface area contributed by atoms with Crippen molar-refractivity contribution < 1.29 is 14.3 Å². The minimum Gasteiger partial charge on any atom is -0.494 e. The third-order valence-corrected chi connectivity index (χ3v) is 7.49. The number of nitrogens with zero attached hydrogens (tertiary/aromatic N) is 3. The van der Waals surface area contributed by atoms with Crippen molar-refractivity contribution in [3.63, 3.8) is 0 Å². The Morgan fingerprint density at radius 2 is 1.85 bits per heavy atom. The van der Waals surface area contributed by atoms with E-state index in [1.54, 1.807) is 25.3 Å². The number of esters is 1. The van der Waals surface area contributed by atoms with Crippen LogP contribution < -0.4 is 19.6 Å². The molecule has 7 nitrogen and oxygen atoms in total. The monoisotopic (exact) mass is 561 g/mol. The molecule has 0 fully saturated rings. The standard InChI is InChI=1S/C30H28ClN3O4S/c1-5-37-24-14-8-20(9-15-24)27-26(29(36)38-18(2)3)19(4)32-30-34(27)28(35)25(39-30)17-23-7-6-16-33(23)22-12-10-21(31)11-13-22/h6-18,27H,5H2,1-4H3/b25-17+/t27-/m1/s1. The van der Waals surface area contributed by atoms with E-state index in [9.17, 15) is 9.59 Å². The fourth-order valence-electron chi connectivity index (χ4n) is 4.57. The molecule has 0 saturated carbocycles. The molecule has 0 aliphatic carbocycles. The van der Waals surface area contributed by atoms with Crippen molar-refractivity contribution in [2.24, 2.45) is 4.99 Å². The first-order valence-corrected chi connectivity index (χ1v) is 13.9. The maximum atomic E-state index is 13.9. The average molecular weight is 562 g/mol. The zero-order valence-corrected chi connectivity index (χ0v) is 23.6. The van der Waals surface area contributed by atoms with Crippen molar-refractivity contribution in [3.05, 3.63) is 114 Å². The van der Waals surface area contributed by atoms with Crippen LogP contribution in [0.3, 0.4) is 0 Å². The first-order chi connectivity index (χ1) is 18.8. The van der Waals surface area contributed by atoms with Gasteiger partial charge >= 0.3 is 5.97 Å². The van der Waals surface area contributed by atoms with Crippen LogP contribution in [0.25, 0.3) is 11.8 Å². The largest absolute Gasteiger partial charge is 0.494 e. The molecule has 0 radical (unpaired) electrons. The van der Waals surface area contributed by atoms with Crippen LogP contribution in [-0.4, -0.2) is 27.8 Å². The molecule has 0 bridgehead atoms. The summed E-state index contributed by atoms with van der Waals surface area (Å²) in [5.74, 6) is 0.222. The van der Waals surface area contributed by atoms with E-state index < -0.39 is 12.0 Å². The van der Waals surface area contributed by atoms with E-state index in [2.05, 4.69) is 4.99 Å². The van der Waals surface area contributed by atoms with Crippen LogP contribution in [-0.2, 0) is 9.53 Å². The number of halogens is 1. The second kappa shape index (κ2) is 11.1. The lowest BCUT2D eigenvalue weighted by Gasteiger charge is -2.25. The van der Waals surface area contributed by atoms with Gasteiger partial charge in [0.15, 0.2) is 4.80 Å². The number of carbonyl (C=O) groups excluding carboxylic acids is 1. The van der Waals surface area contributed by atoms with Gasteiger partial charge in [0.2, 0.25) is 0 Å². The molecular formula is C30H28ClN3O4S. The summed E-state index contributed by atoms with van der Waals surface area (Å²) in [5, 5.41) is 0.650. The lowest BCUT2D eigenvalue weighted by atomic mass is 9.96. The van der Waals surface area contributed by atoms with Crippen LogP contribution in [0.5, 0.6) is 5.75 Å². The van der Waals surface area contributed by atoms with Gasteiger partial charge in [0.1, 0.15) is 5.75 Å². The number of fused-ring (bicyclic) bond motifs is 1. The van der Waals surface area contributed by atoms with Crippen molar-refractivity contribution in [1.29, 1.82) is 0 Å². The number of ether oxygens (including phenoxy) is 2. The minimum absolute atomic E-state index is 0.233. The molecule has 0 spiro atoms. The predicted octanol–water partition coefficient (Wildman–Crippen LogP) is 5.03. The summed E-state index contributed by atoms with van der Waals surface area (Å²) in [6.07, 6.45) is 3.46. The molecule has 0 unspecified atom stereocenters. The van der Waals surface area contributed by atoms with Gasteiger partial charge in [0.05, 0.1) is 34.6 Å². The van der Waals surface area contributed by atoms with E-state index in [0.29, 0.717) is 38.0 Å². The second-order valence-corrected chi connectivity index (χ2v) is 10.8. The smallest absolute Gasteiger partial charge is 0.338 e. The van der Waals surface area contributed by atoms with E-state index in [4.69, 9.17) is 21.1 Å². The van der Waals surface area contributed by atoms with Crippen molar-refractivity contribution >= 4 is 35.0 Å². The second-order valence-electron chi connectivity index (χ2n) is 9.32. The quantitative estimate of drug-likeness (QED) is 0.297. The van der Waals surface area contributed by atoms with E-state index in [1.165, 1.54) is 11.3 Å². The van der Waals surface area contributed by atoms with Gasteiger partial charge < -0.3 is 14.0 Å². The number of allylic oxidation sites excluding steroid dienone is 1. The predicted molar refractivity (Wildman–Crippen MR) is 153 cm³/mol. The molecule has 0 saturated heterocycles. The molecule has 1 aliphatic rings. The van der Waals surface area contributed by atoms with Crippen LogP contribution >= 0.6 is 22.9 Å². The zero-order valence-electron chi connectivity index (χ0n) is 22.1. The van der Waals surface area contributed by atoms with Crippen LogP contribution in [0, 0.1) is 0 Å². The summed E-state index contributed by atoms with van der Waals surface area (Å²) >= 11 is 7.36. The highest BCUT2D eigenvalue weighted by molar-refractivity contribution is 7.07.